The van der Waals surface area contributed by atoms with Gasteiger partial charge in [0.1, 0.15) is 6.61 Å². The third-order valence-electron chi connectivity index (χ3n) is 1.36. The van der Waals surface area contributed by atoms with E-state index in [2.05, 4.69) is 4.74 Å². The van der Waals surface area contributed by atoms with Gasteiger partial charge in [-0.15, -0.1) is 0 Å². The van der Waals surface area contributed by atoms with Gasteiger partial charge in [0.15, 0.2) is 0 Å². The first kappa shape index (κ1) is 10.6. The van der Waals surface area contributed by atoms with Crippen LogP contribution in [0, 0.1) is 0 Å². The smallest absolute Gasteiger partial charge is 0.293 e. The molecule has 13 heavy (non-hydrogen) atoms. The Labute approximate surface area is 90.3 Å². The molecule has 0 spiro atoms. The van der Waals surface area contributed by atoms with E-state index in [0.717, 1.165) is 0 Å². The SMILES string of the molecule is O=COCc1cc(Cl)c(Cl)c(Cl)c1. The fraction of sp³-hybridized carbons (Fsp3) is 0.125. The molecule has 0 aliphatic carbocycles. The van der Waals surface area contributed by atoms with Gasteiger partial charge in [-0.3, -0.25) is 4.79 Å². The van der Waals surface area contributed by atoms with Crippen LogP contribution in [0.2, 0.25) is 15.1 Å². The molecule has 5 heteroatoms. The number of rotatable bonds is 3. The molecule has 0 fully saturated rings. The molecule has 0 atom stereocenters. The van der Waals surface area contributed by atoms with Crippen molar-refractivity contribution in [3.63, 3.8) is 0 Å². The molecule has 0 unspecified atom stereocenters. The van der Waals surface area contributed by atoms with E-state index >= 15 is 0 Å². The van der Waals surface area contributed by atoms with Crippen LogP contribution >= 0.6 is 34.8 Å². The summed E-state index contributed by atoms with van der Waals surface area (Å²) in [7, 11) is 0. The van der Waals surface area contributed by atoms with Crippen LogP contribution in [0.1, 0.15) is 5.56 Å². The molecule has 0 aliphatic rings. The van der Waals surface area contributed by atoms with E-state index in [1.165, 1.54) is 0 Å². The second-order valence-electron chi connectivity index (χ2n) is 2.28. The summed E-state index contributed by atoms with van der Waals surface area (Å²) in [6.45, 7) is 0.497. The fourth-order valence-electron chi connectivity index (χ4n) is 0.822. The van der Waals surface area contributed by atoms with Crippen molar-refractivity contribution < 1.29 is 9.53 Å². The molecule has 0 radical (unpaired) electrons. The highest BCUT2D eigenvalue weighted by molar-refractivity contribution is 6.48. The van der Waals surface area contributed by atoms with E-state index in [4.69, 9.17) is 34.8 Å². The Morgan fingerprint density at radius 1 is 1.23 bits per heavy atom. The summed E-state index contributed by atoms with van der Waals surface area (Å²) in [6, 6.07) is 3.19. The van der Waals surface area contributed by atoms with Gasteiger partial charge in [-0.1, -0.05) is 34.8 Å². The van der Waals surface area contributed by atoms with E-state index in [-0.39, 0.29) is 6.61 Å². The van der Waals surface area contributed by atoms with Crippen LogP contribution in [0.4, 0.5) is 0 Å². The Morgan fingerprint density at radius 3 is 2.23 bits per heavy atom. The number of benzene rings is 1. The zero-order valence-corrected chi connectivity index (χ0v) is 8.66. The third-order valence-corrected chi connectivity index (χ3v) is 2.56. The Kier molecular flexibility index (Phi) is 3.85. The monoisotopic (exact) mass is 238 g/mol. The topological polar surface area (TPSA) is 26.3 Å². The first-order valence-electron chi connectivity index (χ1n) is 3.34. The van der Waals surface area contributed by atoms with Crippen molar-refractivity contribution in [3.8, 4) is 0 Å². The quantitative estimate of drug-likeness (QED) is 0.597. The molecule has 0 saturated heterocycles. The van der Waals surface area contributed by atoms with E-state index in [9.17, 15) is 4.79 Å². The van der Waals surface area contributed by atoms with Crippen molar-refractivity contribution in [2.24, 2.45) is 0 Å². The molecule has 1 aromatic rings. The first-order valence-corrected chi connectivity index (χ1v) is 4.47. The molecule has 0 saturated carbocycles. The van der Waals surface area contributed by atoms with Gasteiger partial charge < -0.3 is 4.74 Å². The summed E-state index contributed by atoms with van der Waals surface area (Å²) in [5.74, 6) is 0. The molecule has 0 aliphatic heterocycles. The highest BCUT2D eigenvalue weighted by Gasteiger charge is 2.05. The van der Waals surface area contributed by atoms with Crippen LogP contribution in [0.15, 0.2) is 12.1 Å². The zero-order valence-electron chi connectivity index (χ0n) is 6.39. The summed E-state index contributed by atoms with van der Waals surface area (Å²) in [6.07, 6.45) is 0. The average Bonchev–Trinajstić information content (AvgIpc) is 2.10. The summed E-state index contributed by atoms with van der Waals surface area (Å²) in [4.78, 5) is 9.90. The van der Waals surface area contributed by atoms with Gasteiger partial charge in [0, 0.05) is 0 Å². The summed E-state index contributed by atoms with van der Waals surface area (Å²) >= 11 is 17.2. The lowest BCUT2D eigenvalue weighted by Gasteiger charge is -2.03. The third kappa shape index (κ3) is 2.76. The van der Waals surface area contributed by atoms with E-state index < -0.39 is 0 Å². The number of hydrogen-bond donors (Lipinski definition) is 0. The molecule has 2 nitrogen and oxygen atoms in total. The molecule has 0 bridgehead atoms. The summed E-state index contributed by atoms with van der Waals surface area (Å²) in [5, 5.41) is 0.996. The van der Waals surface area contributed by atoms with Crippen LogP contribution in [0.3, 0.4) is 0 Å². The van der Waals surface area contributed by atoms with Gasteiger partial charge in [0.25, 0.3) is 6.47 Å². The molecular weight excluding hydrogens is 234 g/mol. The van der Waals surface area contributed by atoms with Crippen LogP contribution in [0.25, 0.3) is 0 Å². The normalized spacial score (nSPS) is 9.77. The highest BCUT2D eigenvalue weighted by Crippen LogP contribution is 2.31. The number of hydrogen-bond acceptors (Lipinski definition) is 2. The lowest BCUT2D eigenvalue weighted by atomic mass is 10.2. The summed E-state index contributed by atoms with van der Waals surface area (Å²) in [5.41, 5.74) is 0.700. The lowest BCUT2D eigenvalue weighted by molar-refractivity contribution is -0.129. The van der Waals surface area contributed by atoms with Crippen molar-refractivity contribution in [2.75, 3.05) is 0 Å². The maximum atomic E-state index is 9.90. The first-order chi connectivity index (χ1) is 6.15. The van der Waals surface area contributed by atoms with Crippen molar-refractivity contribution in [1.29, 1.82) is 0 Å². The maximum Gasteiger partial charge on any atom is 0.293 e. The summed E-state index contributed by atoms with van der Waals surface area (Å²) < 4.78 is 4.53. The maximum absolute atomic E-state index is 9.90. The predicted octanol–water partition coefficient (Wildman–Crippen LogP) is 3.32. The number of carbonyl (C=O) groups is 1. The van der Waals surface area contributed by atoms with Gasteiger partial charge in [0.05, 0.1) is 15.1 Å². The molecule has 70 valence electrons. The van der Waals surface area contributed by atoms with E-state index in [1.807, 2.05) is 0 Å². The highest BCUT2D eigenvalue weighted by atomic mass is 35.5. The van der Waals surface area contributed by atoms with Crippen molar-refractivity contribution >= 4 is 41.3 Å². The minimum atomic E-state index is 0.139. The molecule has 1 aromatic carbocycles. The van der Waals surface area contributed by atoms with Gasteiger partial charge in [-0.2, -0.15) is 0 Å². The van der Waals surface area contributed by atoms with Gasteiger partial charge in [-0.05, 0) is 17.7 Å². The van der Waals surface area contributed by atoms with Crippen LogP contribution in [-0.2, 0) is 16.1 Å². The van der Waals surface area contributed by atoms with E-state index in [0.29, 0.717) is 27.1 Å². The molecule has 0 N–H and O–H groups in total. The molecular formula is C8H5Cl3O2. The molecule has 0 aromatic heterocycles. The second-order valence-corrected chi connectivity index (χ2v) is 3.47. The van der Waals surface area contributed by atoms with Crippen molar-refractivity contribution in [2.45, 2.75) is 6.61 Å². The predicted molar refractivity (Wildman–Crippen MR) is 52.3 cm³/mol. The minimum absolute atomic E-state index is 0.139. The second kappa shape index (κ2) is 4.70. The zero-order chi connectivity index (χ0) is 9.84. The molecule has 1 rings (SSSR count). The standard InChI is InChI=1S/C8H5Cl3O2/c9-6-1-5(3-13-4-12)2-7(10)8(6)11/h1-2,4H,3H2. The number of ether oxygens (including phenoxy) is 1. The Balaban J connectivity index is 2.92. The van der Waals surface area contributed by atoms with E-state index in [1.54, 1.807) is 12.1 Å². The van der Waals surface area contributed by atoms with Crippen LogP contribution in [0.5, 0.6) is 0 Å². The molecule has 0 heterocycles. The van der Waals surface area contributed by atoms with Crippen molar-refractivity contribution in [1.82, 2.24) is 0 Å². The number of halogens is 3. The Bertz CT molecular complexity index is 302. The van der Waals surface area contributed by atoms with Gasteiger partial charge in [-0.25, -0.2) is 0 Å². The molecule has 0 amide bonds. The van der Waals surface area contributed by atoms with Crippen LogP contribution < -0.4 is 0 Å². The van der Waals surface area contributed by atoms with Gasteiger partial charge in [0.2, 0.25) is 0 Å². The minimum Gasteiger partial charge on any atom is -0.463 e. The Morgan fingerprint density at radius 2 is 1.77 bits per heavy atom. The fourth-order valence-corrected chi connectivity index (χ4v) is 1.46. The lowest BCUT2D eigenvalue weighted by Crippen LogP contribution is -1.90. The van der Waals surface area contributed by atoms with Crippen molar-refractivity contribution in [3.05, 3.63) is 32.8 Å². The Hall–Kier alpha value is -0.440. The van der Waals surface area contributed by atoms with Gasteiger partial charge >= 0.3 is 0 Å². The largest absolute Gasteiger partial charge is 0.463 e. The average molecular weight is 239 g/mol. The van der Waals surface area contributed by atoms with Crippen LogP contribution in [-0.4, -0.2) is 6.47 Å². The number of carbonyl (C=O) groups excluding carboxylic acids is 1.